The average molecular weight is 276 g/mol. The summed E-state index contributed by atoms with van der Waals surface area (Å²) >= 11 is 0. The fourth-order valence-corrected chi connectivity index (χ4v) is 1.67. The van der Waals surface area contributed by atoms with Gasteiger partial charge in [-0.15, -0.1) is 0 Å². The van der Waals surface area contributed by atoms with Crippen molar-refractivity contribution in [2.24, 2.45) is 7.05 Å². The van der Waals surface area contributed by atoms with Gasteiger partial charge in [0.1, 0.15) is 18.0 Å². The molecule has 0 unspecified atom stereocenters. The van der Waals surface area contributed by atoms with E-state index in [-0.39, 0.29) is 6.61 Å². The van der Waals surface area contributed by atoms with Gasteiger partial charge in [-0.25, -0.2) is 9.78 Å². The van der Waals surface area contributed by atoms with Crippen LogP contribution in [0.25, 0.3) is 0 Å². The highest BCUT2D eigenvalue weighted by Gasteiger charge is 2.17. The van der Waals surface area contributed by atoms with E-state index in [9.17, 15) is 4.79 Å². The Bertz CT molecular complexity index is 609. The molecule has 0 radical (unpaired) electrons. The van der Waals surface area contributed by atoms with Crippen LogP contribution in [0.4, 0.5) is 0 Å². The first kappa shape index (κ1) is 14.0. The van der Waals surface area contributed by atoms with E-state index in [1.165, 1.54) is 6.20 Å². The van der Waals surface area contributed by atoms with E-state index >= 15 is 0 Å². The van der Waals surface area contributed by atoms with Crippen LogP contribution in [-0.4, -0.2) is 32.3 Å². The van der Waals surface area contributed by atoms with E-state index in [0.717, 1.165) is 0 Å². The molecule has 0 saturated heterocycles. The number of rotatable bonds is 5. The van der Waals surface area contributed by atoms with Crippen LogP contribution in [0.1, 0.15) is 28.8 Å². The normalized spacial score (nSPS) is 10.3. The van der Waals surface area contributed by atoms with Gasteiger partial charge in [-0.3, -0.25) is 4.68 Å². The lowest BCUT2D eigenvalue weighted by Crippen LogP contribution is -2.11. The maximum Gasteiger partial charge on any atom is 0.341 e. The molecule has 0 aliphatic rings. The number of aromatic nitrogens is 4. The zero-order valence-electron chi connectivity index (χ0n) is 11.7. The van der Waals surface area contributed by atoms with Gasteiger partial charge in [-0.2, -0.15) is 10.1 Å². The molecular formula is C13H16N4O3. The molecule has 2 aromatic rings. The van der Waals surface area contributed by atoms with Crippen molar-refractivity contribution in [3.05, 3.63) is 35.5 Å². The van der Waals surface area contributed by atoms with Gasteiger partial charge < -0.3 is 9.47 Å². The summed E-state index contributed by atoms with van der Waals surface area (Å²) < 4.78 is 12.1. The predicted octanol–water partition coefficient (Wildman–Crippen LogP) is 1.27. The van der Waals surface area contributed by atoms with Crippen molar-refractivity contribution in [1.82, 2.24) is 19.7 Å². The molecule has 2 heterocycles. The van der Waals surface area contributed by atoms with Gasteiger partial charge in [0.05, 0.1) is 18.5 Å². The first-order chi connectivity index (χ1) is 9.61. The summed E-state index contributed by atoms with van der Waals surface area (Å²) in [7, 11) is 1.74. The minimum Gasteiger partial charge on any atom is -0.471 e. The van der Waals surface area contributed by atoms with E-state index in [2.05, 4.69) is 15.1 Å². The van der Waals surface area contributed by atoms with E-state index in [4.69, 9.17) is 9.47 Å². The average Bonchev–Trinajstić information content (AvgIpc) is 2.78. The van der Waals surface area contributed by atoms with Crippen molar-refractivity contribution in [2.45, 2.75) is 20.5 Å². The number of carbonyl (C=O) groups is 1. The van der Waals surface area contributed by atoms with Crippen LogP contribution < -0.4 is 4.74 Å². The minimum atomic E-state index is -0.405. The van der Waals surface area contributed by atoms with Crippen molar-refractivity contribution in [1.29, 1.82) is 0 Å². The molecule has 20 heavy (non-hydrogen) atoms. The van der Waals surface area contributed by atoms with Gasteiger partial charge >= 0.3 is 5.97 Å². The smallest absolute Gasteiger partial charge is 0.341 e. The van der Waals surface area contributed by atoms with Crippen LogP contribution in [0.5, 0.6) is 5.88 Å². The molecular weight excluding hydrogens is 260 g/mol. The quantitative estimate of drug-likeness (QED) is 0.765. The maximum atomic E-state index is 11.8. The Morgan fingerprint density at radius 2 is 2.25 bits per heavy atom. The molecule has 0 aliphatic carbocycles. The summed E-state index contributed by atoms with van der Waals surface area (Å²) in [5.41, 5.74) is 1.04. The summed E-state index contributed by atoms with van der Waals surface area (Å²) in [6.07, 6.45) is 3.09. The molecule has 0 bridgehead atoms. The lowest BCUT2D eigenvalue weighted by Gasteiger charge is -2.08. The van der Waals surface area contributed by atoms with Gasteiger partial charge in [0.2, 0.25) is 5.88 Å². The number of aryl methyl sites for hydroxylation is 2. The number of ether oxygens (including phenoxy) is 2. The summed E-state index contributed by atoms with van der Waals surface area (Å²) in [4.78, 5) is 19.9. The topological polar surface area (TPSA) is 79.1 Å². The molecule has 2 aromatic heterocycles. The van der Waals surface area contributed by atoms with Crippen LogP contribution in [0.3, 0.4) is 0 Å². The van der Waals surface area contributed by atoms with Crippen molar-refractivity contribution < 1.29 is 14.3 Å². The second kappa shape index (κ2) is 6.14. The van der Waals surface area contributed by atoms with Crippen LogP contribution in [-0.2, 0) is 18.4 Å². The third-order valence-corrected chi connectivity index (χ3v) is 2.66. The molecule has 2 rings (SSSR count). The van der Waals surface area contributed by atoms with Crippen LogP contribution in [0, 0.1) is 6.92 Å². The molecule has 0 atom stereocenters. The van der Waals surface area contributed by atoms with E-state index < -0.39 is 5.97 Å². The van der Waals surface area contributed by atoms with Crippen molar-refractivity contribution >= 4 is 5.97 Å². The third-order valence-electron chi connectivity index (χ3n) is 2.66. The van der Waals surface area contributed by atoms with Crippen molar-refractivity contribution in [2.75, 3.05) is 6.61 Å². The molecule has 0 saturated carbocycles. The summed E-state index contributed by atoms with van der Waals surface area (Å²) in [6.45, 7) is 4.04. The molecule has 0 aliphatic heterocycles. The summed E-state index contributed by atoms with van der Waals surface area (Å²) in [5.74, 6) is 0.671. The van der Waals surface area contributed by atoms with E-state index in [0.29, 0.717) is 29.6 Å². The largest absolute Gasteiger partial charge is 0.471 e. The Balaban J connectivity index is 2.13. The fraction of sp³-hybridized carbons (Fsp3) is 0.385. The fourth-order valence-electron chi connectivity index (χ4n) is 1.67. The Kier molecular flexibility index (Phi) is 4.29. The van der Waals surface area contributed by atoms with Crippen molar-refractivity contribution in [3.8, 4) is 5.88 Å². The van der Waals surface area contributed by atoms with Crippen LogP contribution in [0.15, 0.2) is 18.5 Å². The molecule has 0 fully saturated rings. The zero-order chi connectivity index (χ0) is 14.5. The van der Waals surface area contributed by atoms with E-state index in [1.54, 1.807) is 37.8 Å². The van der Waals surface area contributed by atoms with Gasteiger partial charge in [0.15, 0.2) is 0 Å². The second-order valence-corrected chi connectivity index (χ2v) is 4.08. The highest BCUT2D eigenvalue weighted by molar-refractivity contribution is 5.90. The monoisotopic (exact) mass is 276 g/mol. The Morgan fingerprint density at radius 3 is 2.95 bits per heavy atom. The lowest BCUT2D eigenvalue weighted by molar-refractivity contribution is 0.0523. The SMILES string of the molecule is CCOC(=O)c1cnn(C)c1COc1ccnc(C)n1. The molecule has 7 nitrogen and oxygen atoms in total. The van der Waals surface area contributed by atoms with Gasteiger partial charge in [-0.1, -0.05) is 0 Å². The Labute approximate surface area is 116 Å². The van der Waals surface area contributed by atoms with E-state index in [1.807, 2.05) is 0 Å². The molecule has 7 heteroatoms. The Hall–Kier alpha value is -2.44. The standard InChI is InChI=1S/C13H16N4O3/c1-4-19-13(18)10-7-15-17(3)11(10)8-20-12-5-6-14-9(2)16-12/h5-7H,4,8H2,1-3H3. The van der Waals surface area contributed by atoms with Crippen LogP contribution >= 0.6 is 0 Å². The highest BCUT2D eigenvalue weighted by atomic mass is 16.5. The first-order valence-corrected chi connectivity index (χ1v) is 6.22. The first-order valence-electron chi connectivity index (χ1n) is 6.22. The number of esters is 1. The molecule has 106 valence electrons. The zero-order valence-corrected chi connectivity index (χ0v) is 11.7. The molecule has 0 N–H and O–H groups in total. The predicted molar refractivity (Wildman–Crippen MR) is 70.3 cm³/mol. The number of carbonyl (C=O) groups excluding carboxylic acids is 1. The maximum absolute atomic E-state index is 11.8. The summed E-state index contributed by atoms with van der Waals surface area (Å²) in [5, 5.41) is 4.05. The number of nitrogens with zero attached hydrogens (tertiary/aromatic N) is 4. The molecule has 0 amide bonds. The number of hydrogen-bond acceptors (Lipinski definition) is 6. The molecule has 0 aromatic carbocycles. The molecule has 0 spiro atoms. The van der Waals surface area contributed by atoms with Crippen LogP contribution in [0.2, 0.25) is 0 Å². The van der Waals surface area contributed by atoms with Crippen molar-refractivity contribution in [3.63, 3.8) is 0 Å². The number of hydrogen-bond donors (Lipinski definition) is 0. The van der Waals surface area contributed by atoms with Gasteiger partial charge in [0, 0.05) is 19.3 Å². The Morgan fingerprint density at radius 1 is 1.45 bits per heavy atom. The lowest BCUT2D eigenvalue weighted by atomic mass is 10.2. The van der Waals surface area contributed by atoms with Gasteiger partial charge in [-0.05, 0) is 13.8 Å². The highest BCUT2D eigenvalue weighted by Crippen LogP contribution is 2.13. The second-order valence-electron chi connectivity index (χ2n) is 4.08. The third kappa shape index (κ3) is 3.11. The summed E-state index contributed by atoms with van der Waals surface area (Å²) in [6, 6.07) is 1.66. The minimum absolute atomic E-state index is 0.182. The van der Waals surface area contributed by atoms with Gasteiger partial charge in [0.25, 0.3) is 0 Å².